The predicted octanol–water partition coefficient (Wildman–Crippen LogP) is -1.21. The van der Waals surface area contributed by atoms with E-state index >= 15 is 0 Å². The summed E-state index contributed by atoms with van der Waals surface area (Å²) in [4.78, 5) is 24.3. The maximum atomic E-state index is 12.8. The van der Waals surface area contributed by atoms with Gasteiger partial charge in [-0.05, 0) is 73.7 Å². The van der Waals surface area contributed by atoms with E-state index in [1.807, 2.05) is 0 Å². The Morgan fingerprint density at radius 1 is 0.849 bits per heavy atom. The average Bonchev–Trinajstić information content (AvgIpc) is 3.63. The summed E-state index contributed by atoms with van der Waals surface area (Å²) in [6.45, 7) is 4.52. The van der Waals surface area contributed by atoms with Gasteiger partial charge in [-0.15, -0.1) is 0 Å². The highest BCUT2D eigenvalue weighted by Gasteiger charge is 2.71. The lowest BCUT2D eigenvalue weighted by Crippen LogP contribution is -2.65. The molecule has 2 saturated heterocycles. The molecule has 0 aromatic rings. The highest BCUT2D eigenvalue weighted by molar-refractivity contribution is 5.85. The van der Waals surface area contributed by atoms with Gasteiger partial charge in [-0.3, -0.25) is 4.79 Å². The number of esters is 2. The summed E-state index contributed by atoms with van der Waals surface area (Å²) in [5.74, 6) is -0.821. The standard InChI is InChI=1S/C37H56O16/c1-16(40)49-22-12-37(47)21-5-4-18-11-19(6-8-35(18,2)20(21)7-9-36(37,3)26(22)17-10-25(41)48-15-17)50-33-31(46)29(44)32(24(14-39)52-33)53-34-30(45)28(43)27(42)23(13-38)51-34/h10,18-24,26-34,38-39,42-47H,4-9,11-15H2,1-3H3/t18-,19-,20+,21+,22-,23+,24+,26+,27+,28-,29+,30+,31+,32+,33+,34-,35+,36-,37+/m0/s1. The van der Waals surface area contributed by atoms with Crippen LogP contribution in [0.5, 0.6) is 0 Å². The number of cyclic esters (lactones) is 1. The molecule has 0 amide bonds. The first-order valence-electron chi connectivity index (χ1n) is 19.1. The van der Waals surface area contributed by atoms with E-state index in [-0.39, 0.29) is 41.8 Å². The number of hydrogen-bond donors (Lipinski definition) is 8. The zero-order valence-corrected chi connectivity index (χ0v) is 30.4. The van der Waals surface area contributed by atoms with Gasteiger partial charge in [0.1, 0.15) is 61.5 Å². The number of aliphatic hydroxyl groups excluding tert-OH is 7. The summed E-state index contributed by atoms with van der Waals surface area (Å²) in [7, 11) is 0. The largest absolute Gasteiger partial charge is 0.462 e. The molecule has 0 radical (unpaired) electrons. The first kappa shape index (κ1) is 39.4. The molecule has 0 spiro atoms. The summed E-state index contributed by atoms with van der Waals surface area (Å²) in [5, 5.41) is 85.4. The second-order valence-corrected chi connectivity index (χ2v) is 17.1. The minimum absolute atomic E-state index is 0.0498. The summed E-state index contributed by atoms with van der Waals surface area (Å²) in [5.41, 5.74) is -1.12. The molecule has 4 aliphatic carbocycles. The molecule has 0 unspecified atom stereocenters. The van der Waals surface area contributed by atoms with Crippen molar-refractivity contribution in [2.75, 3.05) is 19.8 Å². The van der Waals surface area contributed by atoms with Gasteiger partial charge in [-0.2, -0.15) is 0 Å². The molecule has 3 heterocycles. The first-order chi connectivity index (χ1) is 25.1. The second kappa shape index (κ2) is 14.6. The quantitative estimate of drug-likeness (QED) is 0.107. The topological polar surface area (TPSA) is 251 Å². The van der Waals surface area contributed by atoms with Crippen molar-refractivity contribution >= 4 is 11.9 Å². The van der Waals surface area contributed by atoms with Crippen LogP contribution in [0.1, 0.15) is 72.1 Å². The molecule has 16 heteroatoms. The minimum atomic E-state index is -1.76. The molecule has 0 bridgehead atoms. The molecule has 53 heavy (non-hydrogen) atoms. The van der Waals surface area contributed by atoms with Crippen LogP contribution in [0, 0.1) is 34.5 Å². The highest BCUT2D eigenvalue weighted by Crippen LogP contribution is 2.70. The molecule has 0 aromatic carbocycles. The zero-order chi connectivity index (χ0) is 38.2. The van der Waals surface area contributed by atoms with Crippen molar-refractivity contribution in [2.24, 2.45) is 34.5 Å². The van der Waals surface area contributed by atoms with E-state index in [9.17, 15) is 50.4 Å². The van der Waals surface area contributed by atoms with Crippen molar-refractivity contribution in [3.8, 4) is 0 Å². The van der Waals surface area contributed by atoms with Crippen molar-refractivity contribution in [1.29, 1.82) is 0 Å². The maximum absolute atomic E-state index is 12.8. The molecule has 19 atom stereocenters. The van der Waals surface area contributed by atoms with E-state index in [1.165, 1.54) is 13.0 Å². The lowest BCUT2D eigenvalue weighted by atomic mass is 9.43. The van der Waals surface area contributed by atoms with Gasteiger partial charge in [0, 0.05) is 30.8 Å². The Labute approximate surface area is 308 Å². The Morgan fingerprint density at radius 3 is 2.19 bits per heavy atom. The van der Waals surface area contributed by atoms with Crippen molar-refractivity contribution < 1.29 is 78.9 Å². The molecule has 4 saturated carbocycles. The van der Waals surface area contributed by atoms with Crippen molar-refractivity contribution in [3.05, 3.63) is 11.6 Å². The van der Waals surface area contributed by atoms with Crippen LogP contribution >= 0.6 is 0 Å². The van der Waals surface area contributed by atoms with Crippen LogP contribution in [0.2, 0.25) is 0 Å². The van der Waals surface area contributed by atoms with Crippen LogP contribution < -0.4 is 0 Å². The highest BCUT2D eigenvalue weighted by atomic mass is 16.7. The van der Waals surface area contributed by atoms with Gasteiger partial charge < -0.3 is 69.3 Å². The van der Waals surface area contributed by atoms with Gasteiger partial charge >= 0.3 is 11.9 Å². The number of hydrogen-bond acceptors (Lipinski definition) is 16. The monoisotopic (exact) mass is 756 g/mol. The van der Waals surface area contributed by atoms with E-state index in [0.717, 1.165) is 31.3 Å². The lowest BCUT2D eigenvalue weighted by Gasteiger charge is -2.63. The van der Waals surface area contributed by atoms with Gasteiger partial charge in [-0.25, -0.2) is 4.79 Å². The van der Waals surface area contributed by atoms with Crippen LogP contribution in [0.3, 0.4) is 0 Å². The maximum Gasteiger partial charge on any atom is 0.331 e. The third-order valence-electron chi connectivity index (χ3n) is 14.5. The minimum Gasteiger partial charge on any atom is -0.462 e. The van der Waals surface area contributed by atoms with Gasteiger partial charge in [0.2, 0.25) is 0 Å². The Hall–Kier alpha value is -1.80. The number of aliphatic hydroxyl groups is 8. The third kappa shape index (κ3) is 6.48. The van der Waals surface area contributed by atoms with E-state index in [4.69, 9.17) is 28.4 Å². The van der Waals surface area contributed by atoms with Gasteiger partial charge in [0.05, 0.1) is 24.9 Å². The predicted molar refractivity (Wildman–Crippen MR) is 178 cm³/mol. The van der Waals surface area contributed by atoms with Crippen molar-refractivity contribution in [3.63, 3.8) is 0 Å². The molecule has 8 N–H and O–H groups in total. The van der Waals surface area contributed by atoms with Crippen LogP contribution in [-0.2, 0) is 38.0 Å². The van der Waals surface area contributed by atoms with Gasteiger partial charge in [0.15, 0.2) is 12.6 Å². The fourth-order valence-corrected chi connectivity index (χ4v) is 11.7. The summed E-state index contributed by atoms with van der Waals surface area (Å²) in [6, 6.07) is 0. The molecular formula is C37H56O16. The van der Waals surface area contributed by atoms with Gasteiger partial charge in [-0.1, -0.05) is 13.8 Å². The third-order valence-corrected chi connectivity index (χ3v) is 14.5. The van der Waals surface area contributed by atoms with Gasteiger partial charge in [0.25, 0.3) is 0 Å². The normalized spacial score (nSPS) is 52.5. The molecule has 3 aliphatic heterocycles. The molecule has 300 valence electrons. The molecule has 7 aliphatic rings. The van der Waals surface area contributed by atoms with Crippen LogP contribution in [0.15, 0.2) is 11.6 Å². The number of fused-ring (bicyclic) bond motifs is 5. The fourth-order valence-electron chi connectivity index (χ4n) is 11.7. The Bertz CT molecular complexity index is 1410. The summed E-state index contributed by atoms with van der Waals surface area (Å²) >= 11 is 0. The summed E-state index contributed by atoms with van der Waals surface area (Å²) < 4.78 is 34.4. The number of ether oxygens (including phenoxy) is 6. The van der Waals surface area contributed by atoms with Crippen LogP contribution in [0.4, 0.5) is 0 Å². The second-order valence-electron chi connectivity index (χ2n) is 17.1. The molecule has 0 aromatic heterocycles. The van der Waals surface area contributed by atoms with Crippen LogP contribution in [-0.4, -0.2) is 152 Å². The van der Waals surface area contributed by atoms with E-state index in [1.54, 1.807) is 0 Å². The molecule has 7 rings (SSSR count). The smallest absolute Gasteiger partial charge is 0.331 e. The van der Waals surface area contributed by atoms with E-state index in [2.05, 4.69) is 13.8 Å². The van der Waals surface area contributed by atoms with Crippen molar-refractivity contribution in [1.82, 2.24) is 0 Å². The SMILES string of the molecule is CC(=O)O[C@H]1C[C@@]2(O)[C@@H]3CC[C@H]4C[C@@H](O[C@@H]5O[C@H](CO)[C@@H](O[C@@H]6O[C@H](CO)[C@@H](O)[C@H](O)[C@H]6O)[C@H](O)[C@H]5O)CC[C@@]4(C)[C@@H]3CC[C@@]2(C)[C@@H]1C1=CC(=O)OC1. The van der Waals surface area contributed by atoms with E-state index in [0.29, 0.717) is 25.7 Å². The van der Waals surface area contributed by atoms with E-state index < -0.39 is 104 Å². The Kier molecular flexibility index (Phi) is 10.9. The molecular weight excluding hydrogens is 700 g/mol. The fraction of sp³-hybridized carbons (Fsp3) is 0.892. The molecule has 6 fully saturated rings. The Morgan fingerprint density at radius 2 is 1.53 bits per heavy atom. The average molecular weight is 757 g/mol. The lowest BCUT2D eigenvalue weighted by molar-refractivity contribution is -0.364. The number of carbonyl (C=O) groups excluding carboxylic acids is 2. The van der Waals surface area contributed by atoms with Crippen LogP contribution in [0.25, 0.3) is 0 Å². The number of carbonyl (C=O) groups is 2. The molecule has 16 nitrogen and oxygen atoms in total. The summed E-state index contributed by atoms with van der Waals surface area (Å²) in [6.07, 6.45) is -9.16. The number of rotatable bonds is 8. The Balaban J connectivity index is 1.02. The first-order valence-corrected chi connectivity index (χ1v) is 19.1. The zero-order valence-electron chi connectivity index (χ0n) is 30.4. The van der Waals surface area contributed by atoms with Crippen molar-refractivity contribution in [2.45, 2.75) is 151 Å².